The summed E-state index contributed by atoms with van der Waals surface area (Å²) in [6, 6.07) is 2.61. The fraction of sp³-hybridized carbons (Fsp3) is 0.385. The predicted octanol–water partition coefficient (Wildman–Crippen LogP) is 0.910. The third-order valence-electron chi connectivity index (χ3n) is 3.14. The van der Waals surface area contributed by atoms with Gasteiger partial charge in [0.05, 0.1) is 10.5 Å². The molecule has 2 N–H and O–H groups in total. The Bertz CT molecular complexity index is 664. The van der Waals surface area contributed by atoms with Crippen molar-refractivity contribution in [3.8, 4) is 0 Å². The number of aromatic carboxylic acids is 1. The van der Waals surface area contributed by atoms with E-state index in [2.05, 4.69) is 5.32 Å². The van der Waals surface area contributed by atoms with Gasteiger partial charge in [-0.25, -0.2) is 13.2 Å². The molecule has 1 aromatic carbocycles. The van der Waals surface area contributed by atoms with Gasteiger partial charge in [-0.3, -0.25) is 4.79 Å². The molecule has 0 heterocycles. The number of nitrogens with one attached hydrogen (secondary N) is 1. The molecule has 0 aromatic heterocycles. The Morgan fingerprint density at radius 3 is 2.20 bits per heavy atom. The van der Waals surface area contributed by atoms with E-state index in [0.717, 1.165) is 6.07 Å². The minimum absolute atomic E-state index is 0.0849. The number of aryl methyl sites for hydroxylation is 2. The second kappa shape index (κ2) is 5.62. The van der Waals surface area contributed by atoms with E-state index >= 15 is 0 Å². The van der Waals surface area contributed by atoms with Gasteiger partial charge in [0.25, 0.3) is 0 Å². The van der Waals surface area contributed by atoms with Crippen LogP contribution in [0.4, 0.5) is 0 Å². The van der Waals surface area contributed by atoms with Gasteiger partial charge in [-0.2, -0.15) is 0 Å². The van der Waals surface area contributed by atoms with Crippen molar-refractivity contribution in [2.45, 2.75) is 30.9 Å². The minimum atomic E-state index is -3.93. The number of rotatable bonds is 4. The van der Waals surface area contributed by atoms with Crippen molar-refractivity contribution in [2.75, 3.05) is 7.05 Å². The van der Waals surface area contributed by atoms with Gasteiger partial charge in [-0.15, -0.1) is 0 Å². The van der Waals surface area contributed by atoms with Gasteiger partial charge in [0.2, 0.25) is 5.91 Å². The highest BCUT2D eigenvalue weighted by atomic mass is 32.2. The molecule has 0 fully saturated rings. The van der Waals surface area contributed by atoms with Crippen LogP contribution in [-0.4, -0.2) is 37.7 Å². The maximum Gasteiger partial charge on any atom is 0.335 e. The molecule has 0 spiro atoms. The summed E-state index contributed by atoms with van der Waals surface area (Å²) in [7, 11) is -2.58. The van der Waals surface area contributed by atoms with Crippen LogP contribution in [0.1, 0.15) is 28.4 Å². The smallest absolute Gasteiger partial charge is 0.335 e. The topological polar surface area (TPSA) is 101 Å². The first-order chi connectivity index (χ1) is 9.12. The Balaban J connectivity index is 3.50. The highest BCUT2D eigenvalue weighted by Gasteiger charge is 2.31. The fourth-order valence-electron chi connectivity index (χ4n) is 1.90. The van der Waals surface area contributed by atoms with E-state index in [-0.39, 0.29) is 10.5 Å². The van der Waals surface area contributed by atoms with Crippen LogP contribution in [-0.2, 0) is 14.6 Å². The molecule has 0 saturated carbocycles. The molecule has 1 aromatic rings. The van der Waals surface area contributed by atoms with Gasteiger partial charge < -0.3 is 10.4 Å². The van der Waals surface area contributed by atoms with Gasteiger partial charge in [-0.05, 0) is 38.0 Å². The highest BCUT2D eigenvalue weighted by molar-refractivity contribution is 7.92. The van der Waals surface area contributed by atoms with E-state index in [1.807, 2.05) is 0 Å². The molecule has 1 unspecified atom stereocenters. The number of benzene rings is 1. The first-order valence-corrected chi connectivity index (χ1v) is 7.47. The van der Waals surface area contributed by atoms with Crippen molar-refractivity contribution in [3.05, 3.63) is 28.8 Å². The van der Waals surface area contributed by atoms with Crippen molar-refractivity contribution in [3.63, 3.8) is 0 Å². The Morgan fingerprint density at radius 1 is 1.20 bits per heavy atom. The predicted molar refractivity (Wildman–Crippen MR) is 73.6 cm³/mol. The van der Waals surface area contributed by atoms with E-state index in [1.54, 1.807) is 13.8 Å². The zero-order chi connectivity index (χ0) is 15.7. The van der Waals surface area contributed by atoms with E-state index in [4.69, 9.17) is 5.11 Å². The molecule has 1 atom stereocenters. The van der Waals surface area contributed by atoms with Gasteiger partial charge in [0.1, 0.15) is 5.25 Å². The van der Waals surface area contributed by atoms with Crippen LogP contribution in [0.15, 0.2) is 17.0 Å². The van der Waals surface area contributed by atoms with Crippen molar-refractivity contribution in [1.29, 1.82) is 0 Å². The quantitative estimate of drug-likeness (QED) is 0.860. The van der Waals surface area contributed by atoms with Crippen LogP contribution >= 0.6 is 0 Å². The molecule has 7 heteroatoms. The van der Waals surface area contributed by atoms with Crippen LogP contribution in [0.3, 0.4) is 0 Å². The molecule has 1 amide bonds. The first kappa shape index (κ1) is 16.2. The average molecular weight is 299 g/mol. The van der Waals surface area contributed by atoms with Crippen molar-refractivity contribution >= 4 is 21.7 Å². The minimum Gasteiger partial charge on any atom is -0.478 e. The number of amides is 1. The number of carbonyl (C=O) groups excluding carboxylic acids is 1. The van der Waals surface area contributed by atoms with Crippen molar-refractivity contribution < 1.29 is 23.1 Å². The normalized spacial score (nSPS) is 12.8. The standard InChI is InChI=1S/C13H17NO5S/c1-7-5-8(2)11(6-10(7)13(16)17)20(18,19)9(3)12(15)14-4/h5-6,9H,1-4H3,(H,14,15)(H,16,17). The molecule has 0 aliphatic carbocycles. The lowest BCUT2D eigenvalue weighted by Crippen LogP contribution is -2.36. The number of hydrogen-bond acceptors (Lipinski definition) is 4. The summed E-state index contributed by atoms with van der Waals surface area (Å²) in [5.41, 5.74) is 0.808. The van der Waals surface area contributed by atoms with Crippen LogP contribution in [0.5, 0.6) is 0 Å². The maximum atomic E-state index is 12.4. The number of carboxylic acids is 1. The second-order valence-corrected chi connectivity index (χ2v) is 6.78. The largest absolute Gasteiger partial charge is 0.478 e. The molecular weight excluding hydrogens is 282 g/mol. The highest BCUT2D eigenvalue weighted by Crippen LogP contribution is 2.24. The zero-order valence-corrected chi connectivity index (χ0v) is 12.5. The van der Waals surface area contributed by atoms with Crippen LogP contribution in [0.25, 0.3) is 0 Å². The van der Waals surface area contributed by atoms with E-state index < -0.39 is 27.0 Å². The average Bonchev–Trinajstić information content (AvgIpc) is 2.35. The maximum absolute atomic E-state index is 12.4. The SMILES string of the molecule is CNC(=O)C(C)S(=O)(=O)c1cc(C(=O)O)c(C)cc1C. The summed E-state index contributed by atoms with van der Waals surface area (Å²) in [5, 5.41) is 10.1. The summed E-state index contributed by atoms with van der Waals surface area (Å²) in [6.07, 6.45) is 0. The van der Waals surface area contributed by atoms with Gasteiger partial charge >= 0.3 is 5.97 Å². The fourth-order valence-corrected chi connectivity index (χ4v) is 3.47. The van der Waals surface area contributed by atoms with E-state index in [0.29, 0.717) is 11.1 Å². The van der Waals surface area contributed by atoms with Crippen LogP contribution < -0.4 is 5.32 Å². The summed E-state index contributed by atoms with van der Waals surface area (Å²) in [4.78, 5) is 22.5. The third-order valence-corrected chi connectivity index (χ3v) is 5.34. The number of hydrogen-bond donors (Lipinski definition) is 2. The lowest BCUT2D eigenvalue weighted by Gasteiger charge is -2.15. The monoisotopic (exact) mass is 299 g/mol. The van der Waals surface area contributed by atoms with E-state index in [1.165, 1.54) is 20.0 Å². The lowest BCUT2D eigenvalue weighted by atomic mass is 10.1. The second-order valence-electron chi connectivity index (χ2n) is 4.54. The lowest BCUT2D eigenvalue weighted by molar-refractivity contribution is -0.119. The first-order valence-electron chi connectivity index (χ1n) is 5.93. The molecule has 0 bridgehead atoms. The molecule has 0 aliphatic rings. The summed E-state index contributed by atoms with van der Waals surface area (Å²) < 4.78 is 24.8. The van der Waals surface area contributed by atoms with Gasteiger partial charge in [0, 0.05) is 7.05 Å². The molecular formula is C13H17NO5S. The zero-order valence-electron chi connectivity index (χ0n) is 11.7. The molecule has 0 saturated heterocycles. The molecule has 0 aliphatic heterocycles. The van der Waals surface area contributed by atoms with Crippen LogP contribution in [0, 0.1) is 13.8 Å². The Kier molecular flexibility index (Phi) is 4.54. The summed E-state index contributed by atoms with van der Waals surface area (Å²) in [5.74, 6) is -1.84. The molecule has 20 heavy (non-hydrogen) atoms. The third kappa shape index (κ3) is 2.82. The van der Waals surface area contributed by atoms with Crippen LogP contribution in [0.2, 0.25) is 0 Å². The Hall–Kier alpha value is -1.89. The molecule has 6 nitrogen and oxygen atoms in total. The Morgan fingerprint density at radius 2 is 1.75 bits per heavy atom. The summed E-state index contributed by atoms with van der Waals surface area (Å²) >= 11 is 0. The number of carbonyl (C=O) groups is 2. The number of carboxylic acid groups (broad SMARTS) is 1. The van der Waals surface area contributed by atoms with Crippen molar-refractivity contribution in [1.82, 2.24) is 5.32 Å². The van der Waals surface area contributed by atoms with E-state index in [9.17, 15) is 18.0 Å². The molecule has 110 valence electrons. The molecule has 0 radical (unpaired) electrons. The van der Waals surface area contributed by atoms with Crippen molar-refractivity contribution in [2.24, 2.45) is 0 Å². The Labute approximate surface area is 117 Å². The molecule has 1 rings (SSSR count). The van der Waals surface area contributed by atoms with Gasteiger partial charge in [0.15, 0.2) is 9.84 Å². The number of sulfone groups is 1. The summed E-state index contributed by atoms with van der Waals surface area (Å²) in [6.45, 7) is 4.44. The van der Waals surface area contributed by atoms with Gasteiger partial charge in [-0.1, -0.05) is 6.07 Å².